The van der Waals surface area contributed by atoms with Crippen molar-refractivity contribution in [2.45, 2.75) is 25.8 Å². The van der Waals surface area contributed by atoms with E-state index in [1.54, 1.807) is 19.9 Å². The largest absolute Gasteiger partial charge is 0.465 e. The van der Waals surface area contributed by atoms with Gasteiger partial charge in [-0.05, 0) is 25.5 Å². The molecule has 2 N–H and O–H groups in total. The van der Waals surface area contributed by atoms with Crippen molar-refractivity contribution in [3.05, 3.63) is 34.9 Å². The minimum Gasteiger partial charge on any atom is -0.465 e. The van der Waals surface area contributed by atoms with Gasteiger partial charge in [0, 0.05) is 11.4 Å². The predicted molar refractivity (Wildman–Crippen MR) is 64.4 cm³/mol. The SMILES string of the molecule is CCOC(=O)C(C)(N)Cc1ccccc1Cl. The van der Waals surface area contributed by atoms with Crippen LogP contribution in [-0.2, 0) is 16.0 Å². The zero-order chi connectivity index (χ0) is 12.2. The molecule has 0 aliphatic heterocycles. The van der Waals surface area contributed by atoms with Crippen molar-refractivity contribution in [1.82, 2.24) is 0 Å². The molecule has 1 aromatic carbocycles. The molecule has 4 heteroatoms. The van der Waals surface area contributed by atoms with Gasteiger partial charge in [0.25, 0.3) is 0 Å². The fraction of sp³-hybridized carbons (Fsp3) is 0.417. The minimum absolute atomic E-state index is 0.328. The van der Waals surface area contributed by atoms with E-state index in [-0.39, 0.29) is 0 Å². The van der Waals surface area contributed by atoms with Gasteiger partial charge < -0.3 is 10.5 Å². The average Bonchev–Trinajstić information content (AvgIpc) is 2.21. The van der Waals surface area contributed by atoms with Crippen molar-refractivity contribution < 1.29 is 9.53 Å². The van der Waals surface area contributed by atoms with Gasteiger partial charge in [0.05, 0.1) is 6.61 Å². The first-order chi connectivity index (χ1) is 7.47. The lowest BCUT2D eigenvalue weighted by Gasteiger charge is -2.22. The summed E-state index contributed by atoms with van der Waals surface area (Å²) in [6.07, 6.45) is 0.367. The Balaban J connectivity index is 2.80. The van der Waals surface area contributed by atoms with E-state index in [2.05, 4.69) is 0 Å². The lowest BCUT2D eigenvalue weighted by Crippen LogP contribution is -2.48. The molecule has 0 bridgehead atoms. The molecule has 88 valence electrons. The Morgan fingerprint density at radius 3 is 2.69 bits per heavy atom. The summed E-state index contributed by atoms with van der Waals surface area (Å²) in [5.41, 5.74) is 5.72. The van der Waals surface area contributed by atoms with E-state index >= 15 is 0 Å². The van der Waals surface area contributed by atoms with Gasteiger partial charge in [-0.2, -0.15) is 0 Å². The molecule has 1 unspecified atom stereocenters. The Hall–Kier alpha value is -1.06. The maximum Gasteiger partial charge on any atom is 0.326 e. The third-order valence-electron chi connectivity index (χ3n) is 2.26. The highest BCUT2D eigenvalue weighted by Gasteiger charge is 2.30. The van der Waals surface area contributed by atoms with Gasteiger partial charge in [-0.25, -0.2) is 0 Å². The number of carbonyl (C=O) groups is 1. The molecule has 0 spiro atoms. The second kappa shape index (κ2) is 5.32. The molecule has 1 rings (SSSR count). The van der Waals surface area contributed by atoms with E-state index in [1.807, 2.05) is 18.2 Å². The highest BCUT2D eigenvalue weighted by Crippen LogP contribution is 2.20. The third-order valence-corrected chi connectivity index (χ3v) is 2.63. The number of ether oxygens (including phenoxy) is 1. The highest BCUT2D eigenvalue weighted by atomic mass is 35.5. The molecule has 1 aromatic rings. The molecule has 3 nitrogen and oxygen atoms in total. The van der Waals surface area contributed by atoms with E-state index in [4.69, 9.17) is 22.1 Å². The van der Waals surface area contributed by atoms with Gasteiger partial charge in [-0.1, -0.05) is 29.8 Å². The van der Waals surface area contributed by atoms with Gasteiger partial charge in [0.1, 0.15) is 5.54 Å². The molecule has 0 aromatic heterocycles. The first kappa shape index (κ1) is 13.0. The first-order valence-corrected chi connectivity index (χ1v) is 5.54. The number of rotatable bonds is 4. The highest BCUT2D eigenvalue weighted by molar-refractivity contribution is 6.31. The number of hydrogen-bond acceptors (Lipinski definition) is 3. The molecule has 0 saturated heterocycles. The Labute approximate surface area is 101 Å². The zero-order valence-corrected chi connectivity index (χ0v) is 10.3. The number of nitrogens with two attached hydrogens (primary N) is 1. The van der Waals surface area contributed by atoms with Crippen LogP contribution in [0, 0.1) is 0 Å². The summed E-state index contributed by atoms with van der Waals surface area (Å²) in [6, 6.07) is 7.33. The molecule has 0 fully saturated rings. The number of benzene rings is 1. The van der Waals surface area contributed by atoms with Gasteiger partial charge in [-0.3, -0.25) is 4.79 Å². The molecule has 0 aliphatic rings. The van der Waals surface area contributed by atoms with E-state index in [0.29, 0.717) is 18.1 Å². The molecule has 0 saturated carbocycles. The van der Waals surface area contributed by atoms with Crippen LogP contribution < -0.4 is 5.73 Å². The Bertz CT molecular complexity index is 377. The number of esters is 1. The van der Waals surface area contributed by atoms with Crippen LogP contribution in [0.1, 0.15) is 19.4 Å². The molecular formula is C12H16ClNO2. The second-order valence-electron chi connectivity index (χ2n) is 3.91. The van der Waals surface area contributed by atoms with Crippen molar-refractivity contribution >= 4 is 17.6 Å². The summed E-state index contributed by atoms with van der Waals surface area (Å²) in [6.45, 7) is 3.73. The lowest BCUT2D eigenvalue weighted by atomic mass is 9.94. The van der Waals surface area contributed by atoms with Crippen LogP contribution in [0.3, 0.4) is 0 Å². The average molecular weight is 242 g/mol. The Morgan fingerprint density at radius 1 is 1.50 bits per heavy atom. The molecule has 16 heavy (non-hydrogen) atoms. The number of carbonyl (C=O) groups excluding carboxylic acids is 1. The van der Waals surface area contributed by atoms with E-state index in [1.165, 1.54) is 0 Å². The molecule has 0 amide bonds. The first-order valence-electron chi connectivity index (χ1n) is 5.17. The van der Waals surface area contributed by atoms with Crippen molar-refractivity contribution in [3.63, 3.8) is 0 Å². The van der Waals surface area contributed by atoms with Crippen LogP contribution in [0.15, 0.2) is 24.3 Å². The van der Waals surface area contributed by atoms with Crippen LogP contribution >= 0.6 is 11.6 Å². The number of hydrogen-bond donors (Lipinski definition) is 1. The summed E-state index contributed by atoms with van der Waals surface area (Å²) in [4.78, 5) is 11.6. The quantitative estimate of drug-likeness (QED) is 0.822. The van der Waals surface area contributed by atoms with Crippen molar-refractivity contribution in [2.75, 3.05) is 6.61 Å². The van der Waals surface area contributed by atoms with E-state index < -0.39 is 11.5 Å². The fourth-order valence-corrected chi connectivity index (χ4v) is 1.61. The molecule has 0 aliphatic carbocycles. The summed E-state index contributed by atoms with van der Waals surface area (Å²) in [5.74, 6) is -0.407. The zero-order valence-electron chi connectivity index (χ0n) is 9.50. The fourth-order valence-electron chi connectivity index (χ4n) is 1.41. The van der Waals surface area contributed by atoms with Gasteiger partial charge >= 0.3 is 5.97 Å². The maximum atomic E-state index is 11.6. The monoisotopic (exact) mass is 241 g/mol. The predicted octanol–water partition coefficient (Wildman–Crippen LogP) is 2.16. The van der Waals surface area contributed by atoms with Crippen molar-refractivity contribution in [1.29, 1.82) is 0 Å². The summed E-state index contributed by atoms with van der Waals surface area (Å²) in [5, 5.41) is 0.614. The summed E-state index contributed by atoms with van der Waals surface area (Å²) < 4.78 is 4.91. The third kappa shape index (κ3) is 3.22. The van der Waals surface area contributed by atoms with Crippen LogP contribution in [0.4, 0.5) is 0 Å². The van der Waals surface area contributed by atoms with Crippen LogP contribution in [0.2, 0.25) is 5.02 Å². The van der Waals surface area contributed by atoms with Gasteiger partial charge in [0.2, 0.25) is 0 Å². The standard InChI is InChI=1S/C12H16ClNO2/c1-3-16-11(15)12(2,14)8-9-6-4-5-7-10(9)13/h4-7H,3,8,14H2,1-2H3. The van der Waals surface area contributed by atoms with Crippen LogP contribution in [0.5, 0.6) is 0 Å². The minimum atomic E-state index is -1.04. The smallest absolute Gasteiger partial charge is 0.326 e. The normalized spacial score (nSPS) is 14.2. The van der Waals surface area contributed by atoms with Crippen molar-refractivity contribution in [2.24, 2.45) is 5.73 Å². The molecular weight excluding hydrogens is 226 g/mol. The molecule has 1 atom stereocenters. The van der Waals surface area contributed by atoms with Crippen molar-refractivity contribution in [3.8, 4) is 0 Å². The van der Waals surface area contributed by atoms with Crippen LogP contribution in [0.25, 0.3) is 0 Å². The number of halogens is 1. The van der Waals surface area contributed by atoms with Gasteiger partial charge in [-0.15, -0.1) is 0 Å². The van der Waals surface area contributed by atoms with E-state index in [9.17, 15) is 4.79 Å². The topological polar surface area (TPSA) is 52.3 Å². The maximum absolute atomic E-state index is 11.6. The lowest BCUT2D eigenvalue weighted by molar-refractivity contribution is -0.148. The van der Waals surface area contributed by atoms with E-state index in [0.717, 1.165) is 5.56 Å². The Kier molecular flexibility index (Phi) is 4.33. The molecule has 0 radical (unpaired) electrons. The van der Waals surface area contributed by atoms with Crippen LogP contribution in [-0.4, -0.2) is 18.1 Å². The molecule has 0 heterocycles. The Morgan fingerprint density at radius 2 is 2.12 bits per heavy atom. The summed E-state index contributed by atoms with van der Waals surface area (Å²) in [7, 11) is 0. The van der Waals surface area contributed by atoms with Gasteiger partial charge in [0.15, 0.2) is 0 Å². The summed E-state index contributed by atoms with van der Waals surface area (Å²) >= 11 is 6.00. The second-order valence-corrected chi connectivity index (χ2v) is 4.31.